The zero-order valence-electron chi connectivity index (χ0n) is 10.9. The van der Waals surface area contributed by atoms with Gasteiger partial charge in [-0.2, -0.15) is 0 Å². The Morgan fingerprint density at radius 3 is 2.53 bits per heavy atom. The Bertz CT molecular complexity index is 368. The van der Waals surface area contributed by atoms with Crippen LogP contribution < -0.4 is 10.2 Å². The van der Waals surface area contributed by atoms with E-state index in [4.69, 9.17) is 0 Å². The van der Waals surface area contributed by atoms with Crippen molar-refractivity contribution < 1.29 is 5.11 Å². The molecule has 1 rings (SSSR count). The summed E-state index contributed by atoms with van der Waals surface area (Å²) in [5.41, 5.74) is 2.34. The van der Waals surface area contributed by atoms with E-state index >= 15 is 0 Å². The van der Waals surface area contributed by atoms with E-state index in [9.17, 15) is 5.11 Å². The fourth-order valence-electron chi connectivity index (χ4n) is 1.76. The molecule has 2 unspecified atom stereocenters. The van der Waals surface area contributed by atoms with Gasteiger partial charge >= 0.3 is 0 Å². The van der Waals surface area contributed by atoms with E-state index in [1.807, 2.05) is 19.0 Å². The van der Waals surface area contributed by atoms with Gasteiger partial charge in [0.2, 0.25) is 0 Å². The van der Waals surface area contributed by atoms with Crippen molar-refractivity contribution in [3.05, 3.63) is 28.2 Å². The van der Waals surface area contributed by atoms with E-state index in [0.29, 0.717) is 12.6 Å². The highest BCUT2D eigenvalue weighted by Gasteiger charge is 2.10. The van der Waals surface area contributed by atoms with Crippen molar-refractivity contribution in [1.82, 2.24) is 5.32 Å². The number of nitrogens with zero attached hydrogens (tertiary/aromatic N) is 1. The molecule has 0 spiro atoms. The first-order valence-electron chi connectivity index (χ1n) is 5.81. The molecule has 0 aliphatic carbocycles. The summed E-state index contributed by atoms with van der Waals surface area (Å²) in [6.07, 6.45) is -0.324. The number of halogens is 1. The van der Waals surface area contributed by atoms with Crippen LogP contribution in [0.3, 0.4) is 0 Å². The molecular weight excluding hydrogens is 280 g/mol. The van der Waals surface area contributed by atoms with Crippen LogP contribution in [0.15, 0.2) is 22.7 Å². The van der Waals surface area contributed by atoms with Gasteiger partial charge in [-0.3, -0.25) is 0 Å². The van der Waals surface area contributed by atoms with Gasteiger partial charge in [-0.05, 0) is 38.6 Å². The number of nitrogens with one attached hydrogen (secondary N) is 1. The Morgan fingerprint density at radius 1 is 1.41 bits per heavy atom. The number of hydrogen-bond acceptors (Lipinski definition) is 3. The van der Waals surface area contributed by atoms with E-state index in [0.717, 1.165) is 10.2 Å². The molecule has 0 aliphatic rings. The Kier molecular flexibility index (Phi) is 5.43. The molecular formula is C13H21BrN2O. The number of likely N-dealkylation sites (N-methyl/N-ethyl adjacent to an activating group) is 1. The molecule has 1 aromatic carbocycles. The molecule has 0 fully saturated rings. The molecule has 1 aromatic rings. The van der Waals surface area contributed by atoms with Crippen LogP contribution in [0.5, 0.6) is 0 Å². The molecule has 0 bridgehead atoms. The fourth-order valence-corrected chi connectivity index (χ4v) is 2.47. The largest absolute Gasteiger partial charge is 0.392 e. The number of hydrogen-bond donors (Lipinski definition) is 2. The van der Waals surface area contributed by atoms with Gasteiger partial charge in [-0.25, -0.2) is 0 Å². The van der Waals surface area contributed by atoms with Crippen LogP contribution >= 0.6 is 15.9 Å². The highest BCUT2D eigenvalue weighted by atomic mass is 79.9. The fraction of sp³-hybridized carbons (Fsp3) is 0.538. The standard InChI is InChI=1S/C13H21BrN2O/c1-9(17)8-16(4)11-5-6-12(10(2)15-3)13(14)7-11/h5-7,9-10,15,17H,8H2,1-4H3. The quantitative estimate of drug-likeness (QED) is 0.877. The second-order valence-electron chi connectivity index (χ2n) is 4.45. The highest BCUT2D eigenvalue weighted by molar-refractivity contribution is 9.10. The summed E-state index contributed by atoms with van der Waals surface area (Å²) >= 11 is 3.59. The van der Waals surface area contributed by atoms with Crippen molar-refractivity contribution >= 4 is 21.6 Å². The van der Waals surface area contributed by atoms with Crippen molar-refractivity contribution in [1.29, 1.82) is 0 Å². The maximum absolute atomic E-state index is 9.37. The predicted molar refractivity (Wildman–Crippen MR) is 76.6 cm³/mol. The van der Waals surface area contributed by atoms with Gasteiger partial charge in [-0.1, -0.05) is 22.0 Å². The Balaban J connectivity index is 2.88. The summed E-state index contributed by atoms with van der Waals surface area (Å²) in [6.45, 7) is 4.55. The van der Waals surface area contributed by atoms with Crippen LogP contribution in [0.25, 0.3) is 0 Å². The normalized spacial score (nSPS) is 14.5. The third-order valence-electron chi connectivity index (χ3n) is 2.86. The lowest BCUT2D eigenvalue weighted by molar-refractivity contribution is 0.201. The lowest BCUT2D eigenvalue weighted by Gasteiger charge is -2.22. The van der Waals surface area contributed by atoms with Crippen LogP contribution in [0.4, 0.5) is 5.69 Å². The lowest BCUT2D eigenvalue weighted by Crippen LogP contribution is -2.26. The molecule has 0 aromatic heterocycles. The monoisotopic (exact) mass is 300 g/mol. The molecule has 2 N–H and O–H groups in total. The van der Waals surface area contributed by atoms with Crippen LogP contribution in [-0.4, -0.2) is 31.9 Å². The molecule has 0 heterocycles. The first-order chi connectivity index (χ1) is 7.95. The number of anilines is 1. The van der Waals surface area contributed by atoms with Crippen molar-refractivity contribution in [2.45, 2.75) is 26.0 Å². The van der Waals surface area contributed by atoms with Crippen LogP contribution in [0, 0.1) is 0 Å². The van der Waals surface area contributed by atoms with Crippen molar-refractivity contribution in [3.8, 4) is 0 Å². The summed E-state index contributed by atoms with van der Waals surface area (Å²) in [4.78, 5) is 2.04. The van der Waals surface area contributed by atoms with E-state index < -0.39 is 0 Å². The predicted octanol–water partition coefficient (Wildman–Crippen LogP) is 2.55. The Morgan fingerprint density at radius 2 is 2.06 bits per heavy atom. The van der Waals surface area contributed by atoms with Gasteiger partial charge in [0.05, 0.1) is 6.10 Å². The van der Waals surface area contributed by atoms with Gasteiger partial charge in [0.15, 0.2) is 0 Å². The number of aliphatic hydroxyl groups is 1. The highest BCUT2D eigenvalue weighted by Crippen LogP contribution is 2.27. The van der Waals surface area contributed by atoms with Crippen LogP contribution in [0.2, 0.25) is 0 Å². The molecule has 4 heteroatoms. The third-order valence-corrected chi connectivity index (χ3v) is 3.55. The summed E-state index contributed by atoms with van der Waals surface area (Å²) in [7, 11) is 3.93. The van der Waals surface area contributed by atoms with Crippen molar-refractivity contribution in [2.75, 3.05) is 25.5 Å². The first-order valence-corrected chi connectivity index (χ1v) is 6.61. The van der Waals surface area contributed by atoms with Gasteiger partial charge < -0.3 is 15.3 Å². The molecule has 0 saturated carbocycles. The van der Waals surface area contributed by atoms with Gasteiger partial charge in [0, 0.05) is 29.8 Å². The molecule has 3 nitrogen and oxygen atoms in total. The molecule has 0 radical (unpaired) electrons. The second-order valence-corrected chi connectivity index (χ2v) is 5.30. The maximum Gasteiger partial charge on any atom is 0.0686 e. The van der Waals surface area contributed by atoms with E-state index in [1.54, 1.807) is 6.92 Å². The average Bonchev–Trinajstić information content (AvgIpc) is 2.27. The molecule has 2 atom stereocenters. The third kappa shape index (κ3) is 3.98. The number of aliphatic hydroxyl groups excluding tert-OH is 1. The van der Waals surface area contributed by atoms with Gasteiger partial charge in [0.25, 0.3) is 0 Å². The summed E-state index contributed by atoms with van der Waals surface area (Å²) in [6, 6.07) is 6.60. The van der Waals surface area contributed by atoms with Crippen LogP contribution in [-0.2, 0) is 0 Å². The molecule has 96 valence electrons. The Hall–Kier alpha value is -0.580. The summed E-state index contributed by atoms with van der Waals surface area (Å²) in [5, 5.41) is 12.6. The van der Waals surface area contributed by atoms with E-state index in [-0.39, 0.29) is 6.10 Å². The minimum atomic E-state index is -0.324. The summed E-state index contributed by atoms with van der Waals surface area (Å²) in [5.74, 6) is 0. The average molecular weight is 301 g/mol. The van der Waals surface area contributed by atoms with Gasteiger partial charge in [-0.15, -0.1) is 0 Å². The van der Waals surface area contributed by atoms with Crippen LogP contribution in [0.1, 0.15) is 25.5 Å². The number of rotatable bonds is 5. The minimum Gasteiger partial charge on any atom is -0.392 e. The molecule has 0 amide bonds. The van der Waals surface area contributed by atoms with Crippen molar-refractivity contribution in [2.24, 2.45) is 0 Å². The zero-order valence-corrected chi connectivity index (χ0v) is 12.5. The second kappa shape index (κ2) is 6.38. The van der Waals surface area contributed by atoms with E-state index in [2.05, 4.69) is 46.4 Å². The minimum absolute atomic E-state index is 0.320. The number of benzene rings is 1. The topological polar surface area (TPSA) is 35.5 Å². The Labute approximate surface area is 112 Å². The SMILES string of the molecule is CNC(C)c1ccc(N(C)CC(C)O)cc1Br. The van der Waals surface area contributed by atoms with Crippen molar-refractivity contribution in [3.63, 3.8) is 0 Å². The molecule has 0 aliphatic heterocycles. The maximum atomic E-state index is 9.37. The van der Waals surface area contributed by atoms with E-state index in [1.165, 1.54) is 5.56 Å². The molecule has 0 saturated heterocycles. The first kappa shape index (κ1) is 14.5. The lowest BCUT2D eigenvalue weighted by atomic mass is 10.1. The molecule has 17 heavy (non-hydrogen) atoms. The van der Waals surface area contributed by atoms with Gasteiger partial charge in [0.1, 0.15) is 0 Å². The summed E-state index contributed by atoms with van der Waals surface area (Å²) < 4.78 is 1.09. The zero-order chi connectivity index (χ0) is 13.0. The smallest absolute Gasteiger partial charge is 0.0686 e.